The van der Waals surface area contributed by atoms with Crippen molar-refractivity contribution in [3.05, 3.63) is 12.2 Å². The largest absolute Gasteiger partial charge is 0.462 e. The van der Waals surface area contributed by atoms with Crippen molar-refractivity contribution in [1.29, 1.82) is 0 Å². The quantitative estimate of drug-likeness (QED) is 0.152. The molecule has 2 spiro atoms. The standard InChI is InChI=1S/C28H35ClO12/c1-11-18(29)22-28(12(2)25(34)40-22)24(39-16(6)33)21-26(7,17(36-13(3)30)8-9-27(21)10-35-27)23(38-15(5)32)20(19(11)41-28)37-14(4)31/h12,17-24H,1,8-10H2,2-7H3/t12-,17-,18-,19-,20+,21+,22-,23-,24-,26-,27-,28-/m0/s1. The third-order valence-corrected chi connectivity index (χ3v) is 9.97. The van der Waals surface area contributed by atoms with Gasteiger partial charge in [0.25, 0.3) is 0 Å². The zero-order valence-corrected chi connectivity index (χ0v) is 24.6. The topological polar surface area (TPSA) is 153 Å². The van der Waals surface area contributed by atoms with Crippen molar-refractivity contribution in [1.82, 2.24) is 0 Å². The van der Waals surface area contributed by atoms with Crippen molar-refractivity contribution in [3.63, 3.8) is 0 Å². The van der Waals surface area contributed by atoms with Crippen LogP contribution in [-0.2, 0) is 57.1 Å². The molecule has 226 valence electrons. The molecule has 4 aliphatic heterocycles. The summed E-state index contributed by atoms with van der Waals surface area (Å²) in [6.07, 6.45) is -6.51. The van der Waals surface area contributed by atoms with Crippen LogP contribution in [-0.4, -0.2) is 89.7 Å². The normalized spacial score (nSPS) is 46.2. The third-order valence-electron chi connectivity index (χ3n) is 9.46. The zero-order valence-electron chi connectivity index (χ0n) is 23.8. The third kappa shape index (κ3) is 4.36. The minimum absolute atomic E-state index is 0.207. The number of hydrogen-bond donors (Lipinski definition) is 0. The van der Waals surface area contributed by atoms with Gasteiger partial charge >= 0.3 is 29.8 Å². The Labute approximate surface area is 242 Å². The van der Waals surface area contributed by atoms with Gasteiger partial charge in [0.2, 0.25) is 0 Å². The van der Waals surface area contributed by atoms with Crippen LogP contribution in [0.5, 0.6) is 0 Å². The smallest absolute Gasteiger partial charge is 0.312 e. The van der Waals surface area contributed by atoms with Crippen molar-refractivity contribution >= 4 is 41.4 Å². The van der Waals surface area contributed by atoms with Gasteiger partial charge in [-0.2, -0.15) is 0 Å². The van der Waals surface area contributed by atoms with E-state index in [2.05, 4.69) is 6.58 Å². The highest BCUT2D eigenvalue weighted by Gasteiger charge is 2.80. The molecule has 5 rings (SSSR count). The lowest BCUT2D eigenvalue weighted by molar-refractivity contribution is -0.308. The highest BCUT2D eigenvalue weighted by Crippen LogP contribution is 2.65. The highest BCUT2D eigenvalue weighted by molar-refractivity contribution is 6.23. The van der Waals surface area contributed by atoms with Gasteiger partial charge in [0, 0.05) is 33.6 Å². The molecule has 0 aromatic heterocycles. The van der Waals surface area contributed by atoms with E-state index >= 15 is 0 Å². The van der Waals surface area contributed by atoms with Crippen LogP contribution < -0.4 is 0 Å². The predicted octanol–water partition coefficient (Wildman–Crippen LogP) is 1.77. The summed E-state index contributed by atoms with van der Waals surface area (Å²) in [7, 11) is 0. The molecular formula is C28H35ClO12. The molecule has 5 fully saturated rings. The fraction of sp³-hybridized carbons (Fsp3) is 0.750. The van der Waals surface area contributed by atoms with Gasteiger partial charge in [-0.25, -0.2) is 0 Å². The van der Waals surface area contributed by atoms with E-state index in [4.69, 9.17) is 44.8 Å². The van der Waals surface area contributed by atoms with E-state index in [9.17, 15) is 24.0 Å². The van der Waals surface area contributed by atoms with Gasteiger partial charge in [-0.1, -0.05) is 13.5 Å². The van der Waals surface area contributed by atoms with E-state index in [1.54, 1.807) is 13.8 Å². The second-order valence-corrected chi connectivity index (χ2v) is 12.4. The van der Waals surface area contributed by atoms with E-state index in [-0.39, 0.29) is 12.2 Å². The van der Waals surface area contributed by atoms with Gasteiger partial charge in [-0.3, -0.25) is 24.0 Å². The molecule has 12 atom stereocenters. The minimum Gasteiger partial charge on any atom is -0.462 e. The highest BCUT2D eigenvalue weighted by atomic mass is 35.5. The monoisotopic (exact) mass is 598 g/mol. The van der Waals surface area contributed by atoms with Crippen LogP contribution in [0.1, 0.15) is 54.4 Å². The Morgan fingerprint density at radius 2 is 1.51 bits per heavy atom. The first-order valence-corrected chi connectivity index (χ1v) is 14.1. The van der Waals surface area contributed by atoms with E-state index < -0.39 is 100 Å². The van der Waals surface area contributed by atoms with Gasteiger partial charge in [0.1, 0.15) is 18.3 Å². The van der Waals surface area contributed by atoms with Crippen LogP contribution in [0.25, 0.3) is 0 Å². The van der Waals surface area contributed by atoms with E-state index in [1.165, 1.54) is 27.7 Å². The lowest BCUT2D eigenvalue weighted by Crippen LogP contribution is -2.77. The molecule has 13 heteroatoms. The maximum absolute atomic E-state index is 13.2. The molecule has 2 bridgehead atoms. The molecule has 41 heavy (non-hydrogen) atoms. The Morgan fingerprint density at radius 1 is 0.951 bits per heavy atom. The molecular weight excluding hydrogens is 564 g/mol. The summed E-state index contributed by atoms with van der Waals surface area (Å²) in [5.74, 6) is -5.25. The molecule has 5 aliphatic rings. The van der Waals surface area contributed by atoms with Crippen molar-refractivity contribution < 1.29 is 57.1 Å². The fourth-order valence-corrected chi connectivity index (χ4v) is 8.15. The Hall–Kier alpha value is -2.70. The molecule has 0 aromatic carbocycles. The number of halogens is 1. The van der Waals surface area contributed by atoms with Crippen LogP contribution in [0.2, 0.25) is 0 Å². The van der Waals surface area contributed by atoms with Gasteiger partial charge in [-0.15, -0.1) is 11.6 Å². The number of esters is 5. The summed E-state index contributed by atoms with van der Waals surface area (Å²) in [6, 6.07) is 0. The van der Waals surface area contributed by atoms with Gasteiger partial charge in [-0.05, 0) is 25.3 Å². The first-order valence-electron chi connectivity index (χ1n) is 13.6. The second-order valence-electron chi connectivity index (χ2n) is 11.9. The van der Waals surface area contributed by atoms with Crippen molar-refractivity contribution in [2.75, 3.05) is 6.61 Å². The summed E-state index contributed by atoms with van der Waals surface area (Å²) in [5, 5.41) is -1.05. The number of carbonyl (C=O) groups is 5. The van der Waals surface area contributed by atoms with Crippen LogP contribution in [0.3, 0.4) is 0 Å². The van der Waals surface area contributed by atoms with Gasteiger partial charge in [0.15, 0.2) is 23.9 Å². The first kappa shape index (κ1) is 29.8. The second kappa shape index (κ2) is 9.95. The van der Waals surface area contributed by atoms with E-state index in [0.717, 1.165) is 0 Å². The Kier molecular flexibility index (Phi) is 7.22. The number of rotatable bonds is 4. The molecule has 0 amide bonds. The molecule has 0 aromatic rings. The van der Waals surface area contributed by atoms with Crippen LogP contribution >= 0.6 is 11.6 Å². The maximum atomic E-state index is 13.2. The number of hydrogen-bond acceptors (Lipinski definition) is 12. The van der Waals surface area contributed by atoms with Crippen LogP contribution in [0.15, 0.2) is 12.2 Å². The van der Waals surface area contributed by atoms with Crippen molar-refractivity contribution in [3.8, 4) is 0 Å². The summed E-state index contributed by atoms with van der Waals surface area (Å²) >= 11 is 6.93. The molecule has 0 radical (unpaired) electrons. The average molecular weight is 599 g/mol. The fourth-order valence-electron chi connectivity index (χ4n) is 7.78. The molecule has 1 saturated carbocycles. The molecule has 1 aliphatic carbocycles. The molecule has 0 N–H and O–H groups in total. The Morgan fingerprint density at radius 3 is 2.05 bits per heavy atom. The van der Waals surface area contributed by atoms with Crippen molar-refractivity contribution in [2.24, 2.45) is 17.3 Å². The summed E-state index contributed by atoms with van der Waals surface area (Å²) in [4.78, 5) is 63.7. The zero-order chi connectivity index (χ0) is 30.2. The number of alkyl halides is 1. The van der Waals surface area contributed by atoms with Crippen LogP contribution in [0.4, 0.5) is 0 Å². The molecule has 4 saturated heterocycles. The predicted molar refractivity (Wildman–Crippen MR) is 137 cm³/mol. The number of ether oxygens (including phenoxy) is 7. The van der Waals surface area contributed by atoms with Gasteiger partial charge < -0.3 is 33.2 Å². The summed E-state index contributed by atoms with van der Waals surface area (Å²) < 4.78 is 42.4. The Balaban J connectivity index is 1.86. The molecule has 0 unspecified atom stereocenters. The first-order chi connectivity index (χ1) is 19.1. The summed E-state index contributed by atoms with van der Waals surface area (Å²) in [5.41, 5.74) is -3.83. The lowest BCUT2D eigenvalue weighted by Gasteiger charge is -2.62. The number of fused-ring (bicyclic) bond motifs is 3. The molecule has 12 nitrogen and oxygen atoms in total. The maximum Gasteiger partial charge on any atom is 0.312 e. The van der Waals surface area contributed by atoms with Gasteiger partial charge in [0.05, 0.1) is 28.9 Å². The summed E-state index contributed by atoms with van der Waals surface area (Å²) in [6.45, 7) is 12.5. The van der Waals surface area contributed by atoms with Crippen LogP contribution in [0, 0.1) is 17.3 Å². The van der Waals surface area contributed by atoms with E-state index in [0.29, 0.717) is 12.8 Å². The van der Waals surface area contributed by atoms with Crippen molar-refractivity contribution in [2.45, 2.75) is 108 Å². The van der Waals surface area contributed by atoms with E-state index in [1.807, 2.05) is 0 Å². The minimum atomic E-state index is -1.69. The Bertz CT molecular complexity index is 1200. The average Bonchev–Trinajstić information content (AvgIpc) is 3.58. The number of epoxide rings is 1. The lowest BCUT2D eigenvalue weighted by atomic mass is 9.51. The molecule has 4 heterocycles. The number of carbonyl (C=O) groups excluding carboxylic acids is 5. The SMILES string of the molecule is C=C1[C@H](Cl)[C@@H]2OC(=O)[C@H](C)[C@]23O[C@@H]1[C@@H](OC(C)=O)[C@H](OC(C)=O)[C@@]1(C)[C@@H](OC(C)=O)CC[C@]2(CO2)[C@@H]1[C@@H]3OC(C)=O.